The maximum Gasteiger partial charge on any atom is 0.273 e. The highest BCUT2D eigenvalue weighted by atomic mass is 35.5. The molecular formula is C27H19Cl2N3O4S. The molecule has 0 saturated heterocycles. The first-order valence-electron chi connectivity index (χ1n) is 10.8. The highest BCUT2D eigenvalue weighted by Crippen LogP contribution is 2.28. The molecule has 1 aromatic heterocycles. The number of amides is 1. The van der Waals surface area contributed by atoms with E-state index in [9.17, 15) is 14.9 Å². The van der Waals surface area contributed by atoms with Gasteiger partial charge in [-0.2, -0.15) is 5.26 Å². The summed E-state index contributed by atoms with van der Waals surface area (Å²) in [6.45, 7) is 0. The maximum absolute atomic E-state index is 13.6. The van der Waals surface area contributed by atoms with E-state index >= 15 is 0 Å². The van der Waals surface area contributed by atoms with Crippen LogP contribution in [0.3, 0.4) is 0 Å². The van der Waals surface area contributed by atoms with Crippen molar-refractivity contribution in [1.29, 1.82) is 5.26 Å². The summed E-state index contributed by atoms with van der Waals surface area (Å²) < 4.78 is 12.5. The van der Waals surface area contributed by atoms with E-state index in [0.717, 1.165) is 11.3 Å². The van der Waals surface area contributed by atoms with E-state index in [1.165, 1.54) is 30.9 Å². The van der Waals surface area contributed by atoms with E-state index < -0.39 is 5.91 Å². The van der Waals surface area contributed by atoms with Crippen molar-refractivity contribution in [2.45, 2.75) is 0 Å². The average molecular weight is 552 g/mol. The number of para-hydroxylation sites is 1. The third-order valence-electron chi connectivity index (χ3n) is 5.27. The lowest BCUT2D eigenvalue weighted by Gasteiger charge is -2.07. The molecule has 0 radical (unpaired) electrons. The number of aromatic nitrogens is 1. The molecule has 4 aromatic rings. The van der Waals surface area contributed by atoms with Gasteiger partial charge in [-0.3, -0.25) is 14.2 Å². The van der Waals surface area contributed by atoms with E-state index in [1.807, 2.05) is 6.07 Å². The third kappa shape index (κ3) is 5.54. The van der Waals surface area contributed by atoms with Crippen LogP contribution in [0.5, 0.6) is 11.5 Å². The minimum Gasteiger partial charge on any atom is -0.493 e. The molecule has 0 aliphatic rings. The molecule has 1 N–H and O–H groups in total. The number of carbonyl (C=O) groups excluding carboxylic acids is 1. The first-order valence-corrected chi connectivity index (χ1v) is 12.4. The topological polar surface area (TPSA) is 93.4 Å². The summed E-state index contributed by atoms with van der Waals surface area (Å²) in [7, 11) is 3.05. The number of nitrogens with one attached hydrogen (secondary N) is 1. The molecule has 37 heavy (non-hydrogen) atoms. The molecule has 0 bridgehead atoms. The predicted octanol–water partition coefficient (Wildman–Crippen LogP) is 4.36. The van der Waals surface area contributed by atoms with Crippen molar-refractivity contribution < 1.29 is 14.3 Å². The first kappa shape index (κ1) is 26.0. The van der Waals surface area contributed by atoms with Crippen molar-refractivity contribution in [1.82, 2.24) is 4.57 Å². The van der Waals surface area contributed by atoms with Crippen LogP contribution < -0.4 is 29.5 Å². The average Bonchev–Trinajstić information content (AvgIpc) is 3.22. The van der Waals surface area contributed by atoms with Gasteiger partial charge in [0.25, 0.3) is 11.5 Å². The van der Waals surface area contributed by atoms with E-state index in [0.29, 0.717) is 32.3 Å². The molecule has 0 aliphatic carbocycles. The van der Waals surface area contributed by atoms with Gasteiger partial charge in [-0.25, -0.2) is 0 Å². The van der Waals surface area contributed by atoms with Crippen molar-refractivity contribution in [2.75, 3.05) is 19.5 Å². The number of benzene rings is 3. The second-order valence-electron chi connectivity index (χ2n) is 7.57. The number of thiazole rings is 1. The fourth-order valence-corrected chi connectivity index (χ4v) is 4.97. The molecule has 0 saturated carbocycles. The monoisotopic (exact) mass is 551 g/mol. The Bertz CT molecular complexity index is 1710. The number of halogens is 2. The number of hydrogen-bond donors (Lipinski definition) is 1. The summed E-state index contributed by atoms with van der Waals surface area (Å²) >= 11 is 13.2. The number of ether oxygens (including phenoxy) is 2. The number of nitrogens with zero attached hydrogens (tertiary/aromatic N) is 2. The second kappa shape index (κ2) is 11.4. The van der Waals surface area contributed by atoms with Crippen LogP contribution in [-0.4, -0.2) is 24.7 Å². The van der Waals surface area contributed by atoms with Crippen molar-refractivity contribution in [3.63, 3.8) is 0 Å². The second-order valence-corrected chi connectivity index (χ2v) is 9.45. The lowest BCUT2D eigenvalue weighted by Crippen LogP contribution is -2.32. The van der Waals surface area contributed by atoms with Gasteiger partial charge in [0.05, 0.1) is 35.1 Å². The Labute approximate surface area is 226 Å². The van der Waals surface area contributed by atoms with Crippen molar-refractivity contribution in [3.8, 4) is 23.3 Å². The van der Waals surface area contributed by atoms with E-state index in [2.05, 4.69) is 5.32 Å². The molecule has 1 heterocycles. The minimum atomic E-state index is -0.727. The Hall–Kier alpha value is -4.03. The Morgan fingerprint density at radius 3 is 2.43 bits per heavy atom. The number of nitriles is 1. The van der Waals surface area contributed by atoms with Gasteiger partial charge in [0.2, 0.25) is 0 Å². The van der Waals surface area contributed by atoms with Crippen LogP contribution >= 0.6 is 34.5 Å². The molecular weight excluding hydrogens is 533 g/mol. The van der Waals surface area contributed by atoms with Gasteiger partial charge in [0, 0.05) is 5.02 Å². The van der Waals surface area contributed by atoms with Gasteiger partial charge in [0.15, 0.2) is 17.1 Å². The highest BCUT2D eigenvalue weighted by Gasteiger charge is 2.18. The van der Waals surface area contributed by atoms with Gasteiger partial charge in [-0.15, -0.1) is 11.3 Å². The SMILES string of the molecule is COc1ccc(/C=c2/s/c(=C(\C#N)C(=O)Nc3cc(Cl)ccc3Cl)n(-c3ccccc3)c2=O)cc1OC. The molecule has 7 nitrogen and oxygen atoms in total. The van der Waals surface area contributed by atoms with Crippen LogP contribution in [-0.2, 0) is 4.79 Å². The zero-order valence-electron chi connectivity index (χ0n) is 19.6. The number of carbonyl (C=O) groups is 1. The summed E-state index contributed by atoms with van der Waals surface area (Å²) in [6.07, 6.45) is 1.67. The number of rotatable bonds is 6. The molecule has 0 spiro atoms. The third-order valence-corrected chi connectivity index (χ3v) is 6.93. The quantitative estimate of drug-likeness (QED) is 0.384. The van der Waals surface area contributed by atoms with E-state index in [1.54, 1.807) is 60.7 Å². The Balaban J connectivity index is 1.95. The Morgan fingerprint density at radius 1 is 1.03 bits per heavy atom. The van der Waals surface area contributed by atoms with Crippen LogP contribution in [0.25, 0.3) is 17.3 Å². The predicted molar refractivity (Wildman–Crippen MR) is 146 cm³/mol. The van der Waals surface area contributed by atoms with Gasteiger partial charge < -0.3 is 14.8 Å². The zero-order valence-corrected chi connectivity index (χ0v) is 21.9. The normalized spacial score (nSPS) is 12.0. The number of anilines is 1. The minimum absolute atomic E-state index is 0.168. The lowest BCUT2D eigenvalue weighted by molar-refractivity contribution is -0.111. The van der Waals surface area contributed by atoms with Gasteiger partial charge in [0.1, 0.15) is 10.7 Å². The van der Waals surface area contributed by atoms with Gasteiger partial charge in [-0.05, 0) is 54.1 Å². The standard InChI is InChI=1S/C27H19Cl2N3O4S/c1-35-22-11-8-16(12-23(22)36-2)13-24-26(34)32(18-6-4-3-5-7-18)27(37-24)19(15-30)25(33)31-21-14-17(28)9-10-20(21)29/h3-14H,1-2H3,(H,31,33)/b24-13+,27-19+. The summed E-state index contributed by atoms with van der Waals surface area (Å²) in [5.41, 5.74) is 0.786. The fourth-order valence-electron chi connectivity index (χ4n) is 3.53. The van der Waals surface area contributed by atoms with Gasteiger partial charge in [-0.1, -0.05) is 47.5 Å². The molecule has 186 valence electrons. The van der Waals surface area contributed by atoms with Crippen LogP contribution in [0.4, 0.5) is 5.69 Å². The highest BCUT2D eigenvalue weighted by molar-refractivity contribution is 7.07. The fraction of sp³-hybridized carbons (Fsp3) is 0.0741. The molecule has 10 heteroatoms. The summed E-state index contributed by atoms with van der Waals surface area (Å²) in [5.74, 6) is 0.318. The van der Waals surface area contributed by atoms with Crippen LogP contribution in [0.15, 0.2) is 71.5 Å². The number of methoxy groups -OCH3 is 2. The lowest BCUT2D eigenvalue weighted by atomic mass is 10.2. The summed E-state index contributed by atoms with van der Waals surface area (Å²) in [6, 6.07) is 20.5. The number of hydrogen-bond acceptors (Lipinski definition) is 6. The smallest absolute Gasteiger partial charge is 0.273 e. The molecule has 0 unspecified atom stereocenters. The van der Waals surface area contributed by atoms with Crippen LogP contribution in [0.1, 0.15) is 5.56 Å². The summed E-state index contributed by atoms with van der Waals surface area (Å²) in [4.78, 5) is 26.8. The Morgan fingerprint density at radius 2 is 1.76 bits per heavy atom. The largest absolute Gasteiger partial charge is 0.493 e. The Kier molecular flexibility index (Phi) is 7.99. The van der Waals surface area contributed by atoms with Crippen LogP contribution in [0, 0.1) is 11.3 Å². The molecule has 0 aliphatic heterocycles. The van der Waals surface area contributed by atoms with Crippen molar-refractivity contribution >= 4 is 57.8 Å². The van der Waals surface area contributed by atoms with Crippen molar-refractivity contribution in [3.05, 3.63) is 102 Å². The first-order chi connectivity index (χ1) is 17.9. The molecule has 4 rings (SSSR count). The van der Waals surface area contributed by atoms with Gasteiger partial charge >= 0.3 is 0 Å². The molecule has 0 fully saturated rings. The molecule has 0 atom stereocenters. The maximum atomic E-state index is 13.6. The summed E-state index contributed by atoms with van der Waals surface area (Å²) in [5, 5.41) is 13.2. The van der Waals surface area contributed by atoms with Crippen molar-refractivity contribution in [2.24, 2.45) is 0 Å². The van der Waals surface area contributed by atoms with E-state index in [-0.39, 0.29) is 26.5 Å². The molecule has 3 aromatic carbocycles. The zero-order chi connectivity index (χ0) is 26.5. The van der Waals surface area contributed by atoms with Crippen LogP contribution in [0.2, 0.25) is 10.0 Å². The van der Waals surface area contributed by atoms with E-state index in [4.69, 9.17) is 32.7 Å². The molecule has 1 amide bonds.